The van der Waals surface area contributed by atoms with Crippen molar-refractivity contribution < 1.29 is 23.7 Å². The topological polar surface area (TPSA) is 77.2 Å². The predicted octanol–water partition coefficient (Wildman–Crippen LogP) is 6.74. The molecule has 2 aromatic heterocycles. The van der Waals surface area contributed by atoms with Gasteiger partial charge in [0.25, 0.3) is 0 Å². The lowest BCUT2D eigenvalue weighted by atomic mass is 9.71. The van der Waals surface area contributed by atoms with Crippen LogP contribution < -0.4 is 14.2 Å². The molecular formula is C32H33BrN2O5. The third-order valence-corrected chi connectivity index (χ3v) is 7.91. The first-order valence-electron chi connectivity index (χ1n) is 13.0. The number of para-hydroxylation sites is 1. The molecule has 0 aliphatic heterocycles. The molecule has 0 aliphatic carbocycles. The summed E-state index contributed by atoms with van der Waals surface area (Å²) in [6.45, 7) is 0.602. The molecule has 3 aromatic carbocycles. The van der Waals surface area contributed by atoms with Crippen molar-refractivity contribution in [1.29, 1.82) is 0 Å². The van der Waals surface area contributed by atoms with Gasteiger partial charge in [-0.2, -0.15) is 0 Å². The van der Waals surface area contributed by atoms with Gasteiger partial charge < -0.3 is 28.6 Å². The predicted molar refractivity (Wildman–Crippen MR) is 161 cm³/mol. The number of aromatic nitrogens is 1. The first-order chi connectivity index (χ1) is 19.3. The van der Waals surface area contributed by atoms with Crippen LogP contribution in [-0.4, -0.2) is 57.0 Å². The average Bonchev–Trinajstić information content (AvgIpc) is 3.45. The van der Waals surface area contributed by atoms with Gasteiger partial charge in [-0.15, -0.1) is 0 Å². The minimum Gasteiger partial charge on any atom is -0.496 e. The molecule has 7 nitrogen and oxygen atoms in total. The fourth-order valence-corrected chi connectivity index (χ4v) is 5.83. The van der Waals surface area contributed by atoms with Crippen LogP contribution in [0.2, 0.25) is 0 Å². The third-order valence-electron chi connectivity index (χ3n) is 7.42. The van der Waals surface area contributed by atoms with E-state index in [0.29, 0.717) is 47.1 Å². The summed E-state index contributed by atoms with van der Waals surface area (Å²) in [5.74, 6) is 0.894. The minimum absolute atomic E-state index is 0.379. The molecule has 0 radical (unpaired) electrons. The van der Waals surface area contributed by atoms with Crippen molar-refractivity contribution in [3.63, 3.8) is 0 Å². The van der Waals surface area contributed by atoms with Crippen molar-refractivity contribution in [3.05, 3.63) is 94.3 Å². The van der Waals surface area contributed by atoms with E-state index in [1.807, 2.05) is 62.6 Å². The van der Waals surface area contributed by atoms with E-state index in [0.717, 1.165) is 26.2 Å². The molecule has 0 saturated heterocycles. The number of fused-ring (bicyclic) bond motifs is 2. The lowest BCUT2D eigenvalue weighted by Crippen LogP contribution is -2.38. The summed E-state index contributed by atoms with van der Waals surface area (Å²) in [7, 11) is 8.80. The number of ether oxygens (including phenoxy) is 3. The molecule has 1 N–H and O–H groups in total. The molecule has 5 aromatic rings. The molecule has 0 amide bonds. The summed E-state index contributed by atoms with van der Waals surface area (Å²) >= 11 is 3.61. The van der Waals surface area contributed by atoms with E-state index in [2.05, 4.69) is 37.9 Å². The Balaban J connectivity index is 1.90. The Labute approximate surface area is 242 Å². The molecule has 0 unspecified atom stereocenters. The van der Waals surface area contributed by atoms with Crippen molar-refractivity contribution in [2.75, 3.05) is 42.0 Å². The second-order valence-electron chi connectivity index (χ2n) is 10.1. The van der Waals surface area contributed by atoms with Gasteiger partial charge >= 0.3 is 0 Å². The summed E-state index contributed by atoms with van der Waals surface area (Å²) in [6, 6.07) is 19.8. The maximum absolute atomic E-state index is 13.2. The van der Waals surface area contributed by atoms with Crippen LogP contribution in [0.5, 0.6) is 17.4 Å². The number of hydrogen-bond acceptors (Lipinski definition) is 7. The van der Waals surface area contributed by atoms with E-state index in [1.54, 1.807) is 33.8 Å². The van der Waals surface area contributed by atoms with Gasteiger partial charge in [-0.25, -0.2) is 4.98 Å². The van der Waals surface area contributed by atoms with Crippen LogP contribution >= 0.6 is 15.9 Å². The van der Waals surface area contributed by atoms with Gasteiger partial charge in [0.1, 0.15) is 22.7 Å². The Morgan fingerprint density at radius 3 is 2.48 bits per heavy atom. The van der Waals surface area contributed by atoms with E-state index < -0.39 is 11.5 Å². The van der Waals surface area contributed by atoms with Crippen LogP contribution in [0.4, 0.5) is 0 Å². The summed E-state index contributed by atoms with van der Waals surface area (Å²) in [5, 5.41) is 16.1. The van der Waals surface area contributed by atoms with E-state index in [1.165, 1.54) is 0 Å². The zero-order valence-electron chi connectivity index (χ0n) is 23.3. The summed E-state index contributed by atoms with van der Waals surface area (Å²) in [4.78, 5) is 6.62. The maximum Gasteiger partial charge on any atom is 0.217 e. The van der Waals surface area contributed by atoms with Crippen LogP contribution in [0.3, 0.4) is 0 Å². The van der Waals surface area contributed by atoms with Crippen LogP contribution in [0, 0.1) is 0 Å². The number of furan rings is 1. The molecular weight excluding hydrogens is 572 g/mol. The fourth-order valence-electron chi connectivity index (χ4n) is 5.45. The van der Waals surface area contributed by atoms with E-state index in [-0.39, 0.29) is 0 Å². The van der Waals surface area contributed by atoms with Crippen molar-refractivity contribution in [1.82, 2.24) is 9.88 Å². The summed E-state index contributed by atoms with van der Waals surface area (Å²) in [6.07, 6.45) is 3.64. The summed E-state index contributed by atoms with van der Waals surface area (Å²) in [5.41, 5.74) is 1.27. The molecule has 0 bridgehead atoms. The Morgan fingerprint density at radius 2 is 1.75 bits per heavy atom. The average molecular weight is 606 g/mol. The van der Waals surface area contributed by atoms with Gasteiger partial charge in [0.05, 0.1) is 39.7 Å². The largest absolute Gasteiger partial charge is 0.496 e. The minimum atomic E-state index is -1.48. The van der Waals surface area contributed by atoms with E-state index >= 15 is 0 Å². The molecule has 2 atom stereocenters. The van der Waals surface area contributed by atoms with Gasteiger partial charge in [-0.3, -0.25) is 0 Å². The maximum atomic E-state index is 13.2. The molecule has 0 spiro atoms. The van der Waals surface area contributed by atoms with Crippen molar-refractivity contribution in [2.45, 2.75) is 17.9 Å². The second kappa shape index (κ2) is 11.5. The summed E-state index contributed by atoms with van der Waals surface area (Å²) < 4.78 is 24.3. The van der Waals surface area contributed by atoms with Crippen molar-refractivity contribution >= 4 is 37.7 Å². The number of halogens is 1. The molecule has 0 saturated carbocycles. The highest BCUT2D eigenvalue weighted by Crippen LogP contribution is 2.51. The smallest absolute Gasteiger partial charge is 0.217 e. The number of rotatable bonds is 10. The quantitative estimate of drug-likeness (QED) is 0.189. The van der Waals surface area contributed by atoms with Crippen molar-refractivity contribution in [3.8, 4) is 17.4 Å². The van der Waals surface area contributed by atoms with Crippen LogP contribution in [0.1, 0.15) is 29.0 Å². The SMILES string of the molecule is COc1cnc(OC)c([C@H](c2cc3cc(Br)ccc3cc2OC)[C@@](O)(CCN(C)C)c2cccc3ccoc23)c1. The first-order valence-corrected chi connectivity index (χ1v) is 13.8. The molecule has 2 heterocycles. The molecule has 8 heteroatoms. The lowest BCUT2D eigenvalue weighted by Gasteiger charge is -2.39. The Morgan fingerprint density at radius 1 is 0.925 bits per heavy atom. The monoisotopic (exact) mass is 604 g/mol. The number of nitrogens with zero attached hydrogens (tertiary/aromatic N) is 2. The molecule has 208 valence electrons. The molecule has 0 fully saturated rings. The van der Waals surface area contributed by atoms with Crippen molar-refractivity contribution in [2.24, 2.45) is 0 Å². The van der Waals surface area contributed by atoms with Gasteiger partial charge in [-0.1, -0.05) is 40.2 Å². The van der Waals surface area contributed by atoms with E-state index in [9.17, 15) is 5.11 Å². The molecule has 40 heavy (non-hydrogen) atoms. The molecule has 0 aliphatic rings. The number of benzene rings is 3. The number of pyridine rings is 1. The fraction of sp³-hybridized carbons (Fsp3) is 0.281. The number of aliphatic hydroxyl groups is 1. The van der Waals surface area contributed by atoms with Gasteiger partial charge in [0.15, 0.2) is 0 Å². The number of hydrogen-bond donors (Lipinski definition) is 1. The normalized spacial score (nSPS) is 13.9. The standard InChI is InChI=1S/C32H33BrN2O5/c1-35(2)13-12-32(36,27-8-6-7-20-11-14-40-30(20)27)29(26-18-24(37-3)19-34-31(26)39-5)25-16-22-15-23(33)10-9-21(22)17-28(25)38-4/h6-11,14-19,29,36H,12-13H2,1-5H3/t29-,32+/m0/s1. The van der Waals surface area contributed by atoms with E-state index in [4.69, 9.17) is 18.6 Å². The van der Waals surface area contributed by atoms with Gasteiger partial charge in [0.2, 0.25) is 5.88 Å². The third kappa shape index (κ3) is 5.14. The Kier molecular flexibility index (Phi) is 8.03. The first kappa shape index (κ1) is 28.0. The van der Waals surface area contributed by atoms with Gasteiger partial charge in [0, 0.05) is 33.1 Å². The highest BCUT2D eigenvalue weighted by molar-refractivity contribution is 9.10. The lowest BCUT2D eigenvalue weighted by molar-refractivity contribution is 0.00377. The van der Waals surface area contributed by atoms with Gasteiger partial charge in [-0.05, 0) is 67.7 Å². The zero-order valence-corrected chi connectivity index (χ0v) is 24.9. The highest BCUT2D eigenvalue weighted by atomic mass is 79.9. The molecule has 5 rings (SSSR count). The van der Waals surface area contributed by atoms with Crippen LogP contribution in [0.15, 0.2) is 82.0 Å². The Bertz CT molecular complexity index is 1650. The van der Waals surface area contributed by atoms with Crippen LogP contribution in [0.25, 0.3) is 21.7 Å². The Hall–Kier alpha value is -3.59. The highest BCUT2D eigenvalue weighted by Gasteiger charge is 2.45. The zero-order chi connectivity index (χ0) is 28.4. The van der Waals surface area contributed by atoms with Crippen LogP contribution in [-0.2, 0) is 5.60 Å². The number of methoxy groups -OCH3 is 3. The second-order valence-corrected chi connectivity index (χ2v) is 11.0.